The number of carbonyl (C=O) groups excluding carboxylic acids is 1. The van der Waals surface area contributed by atoms with Crippen molar-refractivity contribution in [1.82, 2.24) is 0 Å². The molecule has 1 atom stereocenters. The number of benzene rings is 1. The van der Waals surface area contributed by atoms with Gasteiger partial charge in [0.2, 0.25) is 0 Å². The van der Waals surface area contributed by atoms with Crippen molar-refractivity contribution in [3.05, 3.63) is 35.9 Å². The maximum atomic E-state index is 13.2. The molecule has 1 unspecified atom stereocenters. The molecular formula is C18H29O6P. The van der Waals surface area contributed by atoms with Crippen molar-refractivity contribution in [3.8, 4) is 0 Å². The van der Waals surface area contributed by atoms with Gasteiger partial charge >= 0.3 is 13.6 Å². The van der Waals surface area contributed by atoms with Gasteiger partial charge in [0.05, 0.1) is 25.5 Å². The second-order valence-electron chi connectivity index (χ2n) is 5.30. The zero-order valence-electron chi connectivity index (χ0n) is 15.3. The number of hydrogen-bond donors (Lipinski definition) is 0. The number of ether oxygens (including phenoxy) is 2. The standard InChI is InChI=1S/C18H29O6P/c1-4-22-18(19)15-21-14-10-13-17(16-11-8-7-9-12-16)25(20,23-5-2)24-6-3/h7-9,11-12,17H,4-6,10,13-15H2,1-3H3. The Kier molecular flexibility index (Phi) is 10.7. The van der Waals surface area contributed by atoms with E-state index in [1.54, 1.807) is 20.8 Å². The van der Waals surface area contributed by atoms with Crippen LogP contribution in [0.2, 0.25) is 0 Å². The van der Waals surface area contributed by atoms with Gasteiger partial charge in [-0.05, 0) is 39.2 Å². The highest BCUT2D eigenvalue weighted by Crippen LogP contribution is 2.62. The summed E-state index contributed by atoms with van der Waals surface area (Å²) in [4.78, 5) is 11.3. The van der Waals surface area contributed by atoms with Gasteiger partial charge in [0, 0.05) is 6.61 Å². The first-order valence-corrected chi connectivity index (χ1v) is 10.4. The number of rotatable bonds is 13. The monoisotopic (exact) mass is 372 g/mol. The van der Waals surface area contributed by atoms with Crippen LogP contribution < -0.4 is 0 Å². The number of carbonyl (C=O) groups is 1. The van der Waals surface area contributed by atoms with E-state index in [0.29, 0.717) is 39.3 Å². The molecule has 0 fully saturated rings. The van der Waals surface area contributed by atoms with Crippen molar-refractivity contribution in [3.63, 3.8) is 0 Å². The minimum absolute atomic E-state index is 0.0710. The maximum absolute atomic E-state index is 13.2. The second kappa shape index (κ2) is 12.2. The maximum Gasteiger partial charge on any atom is 0.338 e. The molecule has 0 bridgehead atoms. The Labute approximate surface area is 150 Å². The van der Waals surface area contributed by atoms with Crippen LogP contribution in [0.3, 0.4) is 0 Å². The molecular weight excluding hydrogens is 343 g/mol. The molecule has 0 amide bonds. The fraction of sp³-hybridized carbons (Fsp3) is 0.611. The molecule has 0 aliphatic heterocycles. The first kappa shape index (κ1) is 21.8. The van der Waals surface area contributed by atoms with Gasteiger partial charge in [-0.15, -0.1) is 0 Å². The highest BCUT2D eigenvalue weighted by atomic mass is 31.2. The van der Waals surface area contributed by atoms with Crippen LogP contribution in [0.1, 0.15) is 44.8 Å². The van der Waals surface area contributed by atoms with Gasteiger partial charge in [-0.3, -0.25) is 4.57 Å². The number of esters is 1. The van der Waals surface area contributed by atoms with E-state index in [1.165, 1.54) is 0 Å². The summed E-state index contributed by atoms with van der Waals surface area (Å²) in [7, 11) is -3.28. The minimum Gasteiger partial charge on any atom is -0.464 e. The zero-order chi connectivity index (χ0) is 18.5. The third kappa shape index (κ3) is 7.70. The molecule has 0 N–H and O–H groups in total. The Morgan fingerprint density at radius 1 is 1.04 bits per heavy atom. The summed E-state index contributed by atoms with van der Waals surface area (Å²) < 4.78 is 34.4. The van der Waals surface area contributed by atoms with Gasteiger partial charge in [-0.2, -0.15) is 0 Å². The van der Waals surface area contributed by atoms with Crippen molar-refractivity contribution < 1.29 is 27.9 Å². The van der Waals surface area contributed by atoms with E-state index < -0.39 is 7.60 Å². The van der Waals surface area contributed by atoms with E-state index in [4.69, 9.17) is 18.5 Å². The molecule has 0 radical (unpaired) electrons. The molecule has 1 rings (SSSR count). The van der Waals surface area contributed by atoms with Crippen LogP contribution in [-0.2, 0) is 27.9 Å². The molecule has 142 valence electrons. The van der Waals surface area contributed by atoms with Crippen LogP contribution in [0, 0.1) is 0 Å². The molecule has 25 heavy (non-hydrogen) atoms. The van der Waals surface area contributed by atoms with Gasteiger partial charge in [-0.25, -0.2) is 4.79 Å². The molecule has 0 aliphatic carbocycles. The quantitative estimate of drug-likeness (QED) is 0.291. The third-order valence-electron chi connectivity index (χ3n) is 3.48. The molecule has 1 aromatic rings. The summed E-state index contributed by atoms with van der Waals surface area (Å²) in [5.41, 5.74) is 0.554. The molecule has 0 heterocycles. The van der Waals surface area contributed by atoms with Crippen molar-refractivity contribution >= 4 is 13.6 Å². The van der Waals surface area contributed by atoms with Crippen molar-refractivity contribution in [2.75, 3.05) is 33.0 Å². The number of hydrogen-bond acceptors (Lipinski definition) is 6. The lowest BCUT2D eigenvalue weighted by atomic mass is 10.1. The van der Waals surface area contributed by atoms with E-state index in [1.807, 2.05) is 30.3 Å². The van der Waals surface area contributed by atoms with Crippen molar-refractivity contribution in [1.29, 1.82) is 0 Å². The average Bonchev–Trinajstić information content (AvgIpc) is 2.59. The van der Waals surface area contributed by atoms with Gasteiger partial charge < -0.3 is 18.5 Å². The van der Waals surface area contributed by atoms with Crippen molar-refractivity contribution in [2.45, 2.75) is 39.3 Å². The van der Waals surface area contributed by atoms with E-state index in [2.05, 4.69) is 0 Å². The van der Waals surface area contributed by atoms with Gasteiger partial charge in [0.25, 0.3) is 0 Å². The minimum atomic E-state index is -3.28. The normalized spacial score (nSPS) is 12.8. The van der Waals surface area contributed by atoms with Crippen LogP contribution >= 0.6 is 7.60 Å². The van der Waals surface area contributed by atoms with Crippen LogP contribution in [0.15, 0.2) is 30.3 Å². The molecule has 0 spiro atoms. The smallest absolute Gasteiger partial charge is 0.338 e. The van der Waals surface area contributed by atoms with Crippen LogP contribution in [0.5, 0.6) is 0 Å². The summed E-state index contributed by atoms with van der Waals surface area (Å²) in [5, 5.41) is 0. The summed E-state index contributed by atoms with van der Waals surface area (Å²) in [6.45, 7) is 6.64. The Morgan fingerprint density at radius 3 is 2.24 bits per heavy atom. The van der Waals surface area contributed by atoms with Crippen molar-refractivity contribution in [2.24, 2.45) is 0 Å². The fourth-order valence-electron chi connectivity index (χ4n) is 2.50. The molecule has 0 saturated heterocycles. The molecule has 0 aliphatic rings. The second-order valence-corrected chi connectivity index (χ2v) is 7.52. The summed E-state index contributed by atoms with van der Waals surface area (Å²) in [6.07, 6.45) is 1.20. The van der Waals surface area contributed by atoms with Gasteiger partial charge in [0.15, 0.2) is 0 Å². The topological polar surface area (TPSA) is 71.1 Å². The SMILES string of the molecule is CCOC(=O)COCCCC(c1ccccc1)P(=O)(OCC)OCC. The Hall–Kier alpha value is -1.20. The lowest BCUT2D eigenvalue weighted by Gasteiger charge is -2.26. The molecule has 0 saturated carbocycles. The largest absolute Gasteiger partial charge is 0.464 e. The zero-order valence-corrected chi connectivity index (χ0v) is 16.2. The first-order valence-electron chi connectivity index (χ1n) is 8.74. The lowest BCUT2D eigenvalue weighted by Crippen LogP contribution is -2.13. The summed E-state index contributed by atoms with van der Waals surface area (Å²) in [6, 6.07) is 9.57. The van der Waals surface area contributed by atoms with Gasteiger partial charge in [-0.1, -0.05) is 30.3 Å². The molecule has 0 aromatic heterocycles. The van der Waals surface area contributed by atoms with E-state index in [0.717, 1.165) is 5.56 Å². The molecule has 1 aromatic carbocycles. The van der Waals surface area contributed by atoms with E-state index >= 15 is 0 Å². The van der Waals surface area contributed by atoms with E-state index in [9.17, 15) is 9.36 Å². The Balaban J connectivity index is 2.70. The lowest BCUT2D eigenvalue weighted by molar-refractivity contribution is -0.148. The highest BCUT2D eigenvalue weighted by molar-refractivity contribution is 7.54. The van der Waals surface area contributed by atoms with Crippen LogP contribution in [0.4, 0.5) is 0 Å². The van der Waals surface area contributed by atoms with E-state index in [-0.39, 0.29) is 18.2 Å². The predicted molar refractivity (Wildman–Crippen MR) is 96.7 cm³/mol. The van der Waals surface area contributed by atoms with Crippen LogP contribution in [-0.4, -0.2) is 39.0 Å². The summed E-state index contributed by atoms with van der Waals surface area (Å²) in [5.74, 6) is -0.378. The third-order valence-corrected chi connectivity index (χ3v) is 6.03. The molecule has 6 nitrogen and oxygen atoms in total. The fourth-order valence-corrected chi connectivity index (χ4v) is 4.69. The van der Waals surface area contributed by atoms with Gasteiger partial charge in [0.1, 0.15) is 6.61 Å². The Bertz CT molecular complexity index is 524. The molecule has 7 heteroatoms. The average molecular weight is 372 g/mol. The predicted octanol–water partition coefficient (Wildman–Crippen LogP) is 4.35. The Morgan fingerprint density at radius 2 is 1.68 bits per heavy atom. The first-order chi connectivity index (χ1) is 12.1. The van der Waals surface area contributed by atoms with Crippen LogP contribution in [0.25, 0.3) is 0 Å². The summed E-state index contributed by atoms with van der Waals surface area (Å²) >= 11 is 0. The highest BCUT2D eigenvalue weighted by Gasteiger charge is 2.36.